The molecule has 0 saturated heterocycles. The molecule has 8 heteroatoms. The highest BCUT2D eigenvalue weighted by Gasteiger charge is 2.16. The molecule has 0 aliphatic carbocycles. The normalized spacial score (nSPS) is 10.7. The molecule has 0 radical (unpaired) electrons. The van der Waals surface area contributed by atoms with Crippen LogP contribution in [0.25, 0.3) is 0 Å². The third-order valence-corrected chi connectivity index (χ3v) is 2.56. The molecule has 7 nitrogen and oxygen atoms in total. The average molecular weight is 291 g/mol. The predicted molar refractivity (Wildman–Crippen MR) is 74.0 cm³/mol. The third-order valence-electron chi connectivity index (χ3n) is 2.56. The molecule has 2 rings (SSSR count). The molecular weight excluding hydrogens is 281 g/mol. The van der Waals surface area contributed by atoms with Crippen LogP contribution in [-0.4, -0.2) is 21.4 Å². The standard InChI is InChI=1S/C13H10FN3O4/c14-9-1-3-10(4-2-9)16-15-7-8-5-11(17(20)21)13(19)6-12(8)18/h1-7,16,18-19H. The smallest absolute Gasteiger partial charge is 0.311 e. The molecule has 0 bridgehead atoms. The molecule has 0 fully saturated rings. The average Bonchev–Trinajstić information content (AvgIpc) is 2.43. The molecule has 0 spiro atoms. The van der Waals surface area contributed by atoms with Crippen LogP contribution in [-0.2, 0) is 0 Å². The summed E-state index contributed by atoms with van der Waals surface area (Å²) >= 11 is 0. The fraction of sp³-hybridized carbons (Fsp3) is 0. The van der Waals surface area contributed by atoms with Gasteiger partial charge >= 0.3 is 5.69 Å². The summed E-state index contributed by atoms with van der Waals surface area (Å²) in [4.78, 5) is 9.90. The molecule has 0 amide bonds. The Morgan fingerprint density at radius 2 is 1.86 bits per heavy atom. The quantitative estimate of drug-likeness (QED) is 0.456. The van der Waals surface area contributed by atoms with Crippen LogP contribution in [0.4, 0.5) is 15.8 Å². The van der Waals surface area contributed by atoms with Gasteiger partial charge in [0.05, 0.1) is 16.8 Å². The van der Waals surface area contributed by atoms with Gasteiger partial charge in [0.2, 0.25) is 0 Å². The first-order valence-electron chi connectivity index (χ1n) is 5.72. The largest absolute Gasteiger partial charge is 0.507 e. The van der Waals surface area contributed by atoms with Crippen LogP contribution >= 0.6 is 0 Å². The number of phenols is 2. The van der Waals surface area contributed by atoms with E-state index in [4.69, 9.17) is 0 Å². The van der Waals surface area contributed by atoms with Gasteiger partial charge in [-0.3, -0.25) is 15.5 Å². The van der Waals surface area contributed by atoms with Crippen molar-refractivity contribution in [3.05, 3.63) is 57.9 Å². The van der Waals surface area contributed by atoms with Crippen molar-refractivity contribution in [1.29, 1.82) is 0 Å². The number of nitrogens with zero attached hydrogens (tertiary/aromatic N) is 2. The minimum atomic E-state index is -0.778. The molecule has 0 atom stereocenters. The highest BCUT2D eigenvalue weighted by atomic mass is 19.1. The lowest BCUT2D eigenvalue weighted by molar-refractivity contribution is -0.385. The van der Waals surface area contributed by atoms with Crippen LogP contribution in [0.1, 0.15) is 5.56 Å². The Hall–Kier alpha value is -3.16. The number of benzene rings is 2. The number of hydrogen-bond acceptors (Lipinski definition) is 6. The monoisotopic (exact) mass is 291 g/mol. The first-order valence-corrected chi connectivity index (χ1v) is 5.72. The molecule has 0 unspecified atom stereocenters. The van der Waals surface area contributed by atoms with Gasteiger partial charge in [-0.15, -0.1) is 0 Å². The van der Waals surface area contributed by atoms with E-state index in [1.807, 2.05) is 0 Å². The maximum atomic E-state index is 12.7. The minimum absolute atomic E-state index is 0.0501. The number of anilines is 1. The number of nitro groups is 1. The molecule has 0 aromatic heterocycles. The predicted octanol–water partition coefficient (Wildman–Crippen LogP) is 2.59. The first-order chi connectivity index (χ1) is 9.97. The van der Waals surface area contributed by atoms with Gasteiger partial charge < -0.3 is 10.2 Å². The number of halogens is 1. The second kappa shape index (κ2) is 5.87. The molecule has 0 saturated carbocycles. The van der Waals surface area contributed by atoms with Crippen molar-refractivity contribution in [2.24, 2.45) is 5.10 Å². The van der Waals surface area contributed by atoms with E-state index in [1.165, 1.54) is 24.3 Å². The van der Waals surface area contributed by atoms with Gasteiger partial charge in [0.25, 0.3) is 0 Å². The lowest BCUT2D eigenvalue weighted by Gasteiger charge is -2.02. The lowest BCUT2D eigenvalue weighted by atomic mass is 10.2. The van der Waals surface area contributed by atoms with E-state index >= 15 is 0 Å². The summed E-state index contributed by atoms with van der Waals surface area (Å²) in [7, 11) is 0. The molecular formula is C13H10FN3O4. The Bertz CT molecular complexity index is 701. The van der Waals surface area contributed by atoms with Crippen LogP contribution in [0, 0.1) is 15.9 Å². The Morgan fingerprint density at radius 3 is 2.48 bits per heavy atom. The van der Waals surface area contributed by atoms with Crippen molar-refractivity contribution in [1.82, 2.24) is 0 Å². The van der Waals surface area contributed by atoms with Crippen molar-refractivity contribution in [3.8, 4) is 11.5 Å². The van der Waals surface area contributed by atoms with E-state index in [0.717, 1.165) is 18.3 Å². The van der Waals surface area contributed by atoms with Crippen LogP contribution in [0.2, 0.25) is 0 Å². The van der Waals surface area contributed by atoms with Gasteiger partial charge in [-0.1, -0.05) is 0 Å². The van der Waals surface area contributed by atoms with E-state index in [2.05, 4.69) is 10.5 Å². The van der Waals surface area contributed by atoms with Crippen LogP contribution in [0.3, 0.4) is 0 Å². The van der Waals surface area contributed by atoms with Gasteiger partial charge in [0.1, 0.15) is 11.6 Å². The highest BCUT2D eigenvalue weighted by Crippen LogP contribution is 2.31. The zero-order valence-electron chi connectivity index (χ0n) is 10.5. The Labute approximate surface area is 118 Å². The van der Waals surface area contributed by atoms with Crippen LogP contribution < -0.4 is 5.43 Å². The van der Waals surface area contributed by atoms with Crippen molar-refractivity contribution in [3.63, 3.8) is 0 Å². The summed E-state index contributed by atoms with van der Waals surface area (Å²) in [6.45, 7) is 0. The summed E-state index contributed by atoms with van der Waals surface area (Å²) in [6, 6.07) is 7.22. The minimum Gasteiger partial charge on any atom is -0.507 e. The van der Waals surface area contributed by atoms with E-state index in [0.29, 0.717) is 5.69 Å². The first kappa shape index (κ1) is 14.3. The second-order valence-electron chi connectivity index (χ2n) is 4.03. The van der Waals surface area contributed by atoms with E-state index in [9.17, 15) is 24.7 Å². The summed E-state index contributed by atoms with van der Waals surface area (Å²) < 4.78 is 12.7. The number of hydrazone groups is 1. The van der Waals surface area contributed by atoms with Gasteiger partial charge in [-0.05, 0) is 24.3 Å². The van der Waals surface area contributed by atoms with Gasteiger partial charge in [0, 0.05) is 17.7 Å². The van der Waals surface area contributed by atoms with Crippen molar-refractivity contribution >= 4 is 17.6 Å². The van der Waals surface area contributed by atoms with E-state index in [1.54, 1.807) is 0 Å². The highest BCUT2D eigenvalue weighted by molar-refractivity contribution is 5.86. The van der Waals surface area contributed by atoms with Gasteiger partial charge in [0.15, 0.2) is 5.75 Å². The van der Waals surface area contributed by atoms with Crippen molar-refractivity contribution in [2.45, 2.75) is 0 Å². The Balaban J connectivity index is 2.18. The van der Waals surface area contributed by atoms with Gasteiger partial charge in [-0.2, -0.15) is 5.10 Å². The van der Waals surface area contributed by atoms with Crippen molar-refractivity contribution in [2.75, 3.05) is 5.43 Å². The number of nitrogens with one attached hydrogen (secondary N) is 1. The number of phenolic OH excluding ortho intramolecular Hbond substituents is 2. The molecule has 2 aromatic rings. The fourth-order valence-electron chi connectivity index (χ4n) is 1.53. The molecule has 21 heavy (non-hydrogen) atoms. The van der Waals surface area contributed by atoms with Crippen LogP contribution in [0.15, 0.2) is 41.5 Å². The second-order valence-corrected chi connectivity index (χ2v) is 4.03. The topological polar surface area (TPSA) is 108 Å². The lowest BCUT2D eigenvalue weighted by Crippen LogP contribution is -1.94. The Morgan fingerprint density at radius 1 is 1.19 bits per heavy atom. The van der Waals surface area contributed by atoms with Gasteiger partial charge in [-0.25, -0.2) is 4.39 Å². The Kier molecular flexibility index (Phi) is 3.98. The summed E-state index contributed by atoms with van der Waals surface area (Å²) in [5.74, 6) is -1.39. The van der Waals surface area contributed by atoms with Crippen molar-refractivity contribution < 1.29 is 19.5 Å². The molecule has 0 heterocycles. The molecule has 0 aliphatic rings. The summed E-state index contributed by atoms with van der Waals surface area (Å²) in [5.41, 5.74) is 2.58. The fourth-order valence-corrected chi connectivity index (χ4v) is 1.53. The zero-order valence-corrected chi connectivity index (χ0v) is 10.5. The summed E-state index contributed by atoms with van der Waals surface area (Å²) in [5, 5.41) is 33.3. The summed E-state index contributed by atoms with van der Waals surface area (Å²) in [6.07, 6.45) is 1.14. The number of nitro benzene ring substituents is 1. The number of rotatable bonds is 4. The molecule has 3 N–H and O–H groups in total. The zero-order chi connectivity index (χ0) is 15.4. The maximum absolute atomic E-state index is 12.7. The molecule has 108 valence electrons. The van der Waals surface area contributed by atoms with E-state index < -0.39 is 22.2 Å². The van der Waals surface area contributed by atoms with E-state index in [-0.39, 0.29) is 11.3 Å². The maximum Gasteiger partial charge on any atom is 0.311 e. The van der Waals surface area contributed by atoms with Crippen LogP contribution in [0.5, 0.6) is 11.5 Å². The SMILES string of the molecule is O=[N+]([O-])c1cc(C=NNc2ccc(F)cc2)c(O)cc1O. The third kappa shape index (κ3) is 3.44. The molecule has 2 aromatic carbocycles. The molecule has 0 aliphatic heterocycles. The number of hydrogen-bond donors (Lipinski definition) is 3. The number of aromatic hydroxyl groups is 2.